The highest BCUT2D eigenvalue weighted by Gasteiger charge is 2.49. The molecule has 1 heterocycles. The third kappa shape index (κ3) is 2.97. The number of anilines is 1. The molecule has 6 heteroatoms. The largest absolute Gasteiger partial charge is 0.479 e. The summed E-state index contributed by atoms with van der Waals surface area (Å²) in [6.07, 6.45) is 2.36. The van der Waals surface area contributed by atoms with Gasteiger partial charge in [0.2, 0.25) is 0 Å². The van der Waals surface area contributed by atoms with Crippen LogP contribution in [0.4, 0.5) is 10.5 Å². The third-order valence-electron chi connectivity index (χ3n) is 3.91. The molecule has 0 bridgehead atoms. The van der Waals surface area contributed by atoms with E-state index in [0.29, 0.717) is 42.9 Å². The van der Waals surface area contributed by atoms with Crippen molar-refractivity contribution in [3.63, 3.8) is 0 Å². The number of para-hydroxylation sites is 1. The predicted octanol–water partition coefficient (Wildman–Crippen LogP) is 3.59. The molecular weight excluding hydrogens is 292 g/mol. The van der Waals surface area contributed by atoms with Gasteiger partial charge in [0.15, 0.2) is 0 Å². The summed E-state index contributed by atoms with van der Waals surface area (Å²) in [5.74, 6) is -0.934. The lowest BCUT2D eigenvalue weighted by Crippen LogP contribution is -2.54. The Hall–Kier alpha value is -1.75. The molecule has 0 spiro atoms. The quantitative estimate of drug-likeness (QED) is 0.893. The monoisotopic (exact) mass is 310 g/mol. The summed E-state index contributed by atoms with van der Waals surface area (Å²) in [5, 5.41) is 12.7. The SMILES string of the molecule is CCCC1(C(=O)O)CCCN1C(=O)Nc1ccccc1Cl. The molecule has 1 unspecified atom stereocenters. The van der Waals surface area contributed by atoms with Crippen molar-refractivity contribution in [1.82, 2.24) is 4.90 Å². The van der Waals surface area contributed by atoms with Gasteiger partial charge in [0.05, 0.1) is 10.7 Å². The number of carboxylic acid groups (broad SMARTS) is 1. The van der Waals surface area contributed by atoms with Crippen LogP contribution < -0.4 is 5.32 Å². The molecule has 0 aromatic heterocycles. The molecule has 1 aliphatic heterocycles. The second kappa shape index (κ2) is 6.35. The molecule has 21 heavy (non-hydrogen) atoms. The first-order chi connectivity index (χ1) is 10.0. The lowest BCUT2D eigenvalue weighted by Gasteiger charge is -2.34. The van der Waals surface area contributed by atoms with Crippen LogP contribution in [-0.4, -0.2) is 34.1 Å². The van der Waals surface area contributed by atoms with Crippen LogP contribution >= 0.6 is 11.6 Å². The van der Waals surface area contributed by atoms with Gasteiger partial charge in [0.1, 0.15) is 5.54 Å². The van der Waals surface area contributed by atoms with Gasteiger partial charge in [-0.25, -0.2) is 9.59 Å². The molecule has 1 saturated heterocycles. The Morgan fingerprint density at radius 2 is 2.14 bits per heavy atom. The maximum atomic E-state index is 12.5. The molecule has 0 radical (unpaired) electrons. The molecule has 114 valence electrons. The highest BCUT2D eigenvalue weighted by atomic mass is 35.5. The molecular formula is C15H19ClN2O3. The van der Waals surface area contributed by atoms with Crippen molar-refractivity contribution in [1.29, 1.82) is 0 Å². The predicted molar refractivity (Wildman–Crippen MR) is 81.7 cm³/mol. The maximum Gasteiger partial charge on any atom is 0.329 e. The van der Waals surface area contributed by atoms with Crippen LogP contribution in [0.25, 0.3) is 0 Å². The number of hydrogen-bond donors (Lipinski definition) is 2. The minimum absolute atomic E-state index is 0.406. The van der Waals surface area contributed by atoms with Crippen LogP contribution in [0.5, 0.6) is 0 Å². The number of carbonyl (C=O) groups is 2. The van der Waals surface area contributed by atoms with Crippen LogP contribution in [0.1, 0.15) is 32.6 Å². The fourth-order valence-corrected chi connectivity index (χ4v) is 3.11. The first-order valence-electron chi connectivity index (χ1n) is 7.08. The molecule has 2 rings (SSSR count). The number of amides is 2. The summed E-state index contributed by atoms with van der Waals surface area (Å²) >= 11 is 6.02. The van der Waals surface area contributed by atoms with Crippen LogP contribution in [0.3, 0.4) is 0 Å². The fourth-order valence-electron chi connectivity index (χ4n) is 2.92. The Morgan fingerprint density at radius 3 is 2.76 bits per heavy atom. The van der Waals surface area contributed by atoms with E-state index in [-0.39, 0.29) is 0 Å². The van der Waals surface area contributed by atoms with Gasteiger partial charge in [-0.3, -0.25) is 0 Å². The van der Waals surface area contributed by atoms with Crippen LogP contribution in [-0.2, 0) is 4.79 Å². The lowest BCUT2D eigenvalue weighted by molar-refractivity contribution is -0.148. The van der Waals surface area contributed by atoms with E-state index < -0.39 is 17.5 Å². The summed E-state index contributed by atoms with van der Waals surface area (Å²) in [4.78, 5) is 25.6. The van der Waals surface area contributed by atoms with Gasteiger partial charge >= 0.3 is 12.0 Å². The van der Waals surface area contributed by atoms with Gasteiger partial charge in [0, 0.05) is 6.54 Å². The standard InChI is InChI=1S/C15H19ClN2O3/c1-2-8-15(13(19)20)9-5-10-18(15)14(21)17-12-7-4-3-6-11(12)16/h3-4,6-7H,2,5,8-10H2,1H3,(H,17,21)(H,19,20). The molecule has 2 N–H and O–H groups in total. The lowest BCUT2D eigenvalue weighted by atomic mass is 9.91. The minimum atomic E-state index is -1.10. The first kappa shape index (κ1) is 15.6. The van der Waals surface area contributed by atoms with E-state index in [1.807, 2.05) is 6.92 Å². The Labute approximate surface area is 128 Å². The number of hydrogen-bond acceptors (Lipinski definition) is 2. The van der Waals surface area contributed by atoms with E-state index in [1.54, 1.807) is 24.3 Å². The highest BCUT2D eigenvalue weighted by molar-refractivity contribution is 6.33. The zero-order valence-electron chi connectivity index (χ0n) is 11.9. The summed E-state index contributed by atoms with van der Waals surface area (Å²) in [5.41, 5.74) is -0.605. The van der Waals surface area contributed by atoms with Gasteiger partial charge in [-0.2, -0.15) is 0 Å². The smallest absolute Gasteiger partial charge is 0.329 e. The number of aliphatic carboxylic acids is 1. The number of halogens is 1. The van der Waals surface area contributed by atoms with Gasteiger partial charge in [-0.1, -0.05) is 37.1 Å². The number of nitrogens with zero attached hydrogens (tertiary/aromatic N) is 1. The maximum absolute atomic E-state index is 12.5. The first-order valence-corrected chi connectivity index (χ1v) is 7.45. The van der Waals surface area contributed by atoms with E-state index in [1.165, 1.54) is 4.90 Å². The van der Waals surface area contributed by atoms with E-state index in [2.05, 4.69) is 5.32 Å². The van der Waals surface area contributed by atoms with Crippen molar-refractivity contribution < 1.29 is 14.7 Å². The molecule has 1 atom stereocenters. The normalized spacial score (nSPS) is 21.3. The van der Waals surface area contributed by atoms with Crippen LogP contribution in [0.15, 0.2) is 24.3 Å². The van der Waals surface area contributed by atoms with Crippen molar-refractivity contribution >= 4 is 29.3 Å². The number of rotatable bonds is 4. The third-order valence-corrected chi connectivity index (χ3v) is 4.24. The van der Waals surface area contributed by atoms with E-state index in [9.17, 15) is 14.7 Å². The van der Waals surface area contributed by atoms with Crippen LogP contribution in [0, 0.1) is 0 Å². The van der Waals surface area contributed by atoms with Gasteiger partial charge in [-0.05, 0) is 31.4 Å². The second-order valence-electron chi connectivity index (χ2n) is 5.25. The van der Waals surface area contributed by atoms with Crippen LogP contribution in [0.2, 0.25) is 5.02 Å². The summed E-state index contributed by atoms with van der Waals surface area (Å²) in [6, 6.07) is 6.50. The zero-order chi connectivity index (χ0) is 15.5. The van der Waals surface area contributed by atoms with E-state index >= 15 is 0 Å². The number of carbonyl (C=O) groups excluding carboxylic acids is 1. The second-order valence-corrected chi connectivity index (χ2v) is 5.66. The van der Waals surface area contributed by atoms with Crippen molar-refractivity contribution in [3.8, 4) is 0 Å². The Kier molecular flexibility index (Phi) is 4.73. The van der Waals surface area contributed by atoms with Crippen molar-refractivity contribution in [3.05, 3.63) is 29.3 Å². The van der Waals surface area contributed by atoms with Gasteiger partial charge < -0.3 is 15.3 Å². The molecule has 1 aromatic carbocycles. The zero-order valence-corrected chi connectivity index (χ0v) is 12.7. The number of nitrogens with one attached hydrogen (secondary N) is 1. The highest BCUT2D eigenvalue weighted by Crippen LogP contribution is 2.35. The van der Waals surface area contributed by atoms with Gasteiger partial charge in [0.25, 0.3) is 0 Å². The average molecular weight is 311 g/mol. The molecule has 5 nitrogen and oxygen atoms in total. The van der Waals surface area contributed by atoms with Crippen molar-refractivity contribution in [2.45, 2.75) is 38.1 Å². The number of benzene rings is 1. The fraction of sp³-hybridized carbons (Fsp3) is 0.467. The van der Waals surface area contributed by atoms with Crippen molar-refractivity contribution in [2.75, 3.05) is 11.9 Å². The molecule has 1 aliphatic rings. The number of likely N-dealkylation sites (tertiary alicyclic amines) is 1. The van der Waals surface area contributed by atoms with E-state index in [4.69, 9.17) is 11.6 Å². The molecule has 0 aliphatic carbocycles. The molecule has 0 saturated carbocycles. The number of urea groups is 1. The summed E-state index contributed by atoms with van der Waals surface area (Å²) in [7, 11) is 0. The molecule has 1 fully saturated rings. The topological polar surface area (TPSA) is 69.6 Å². The van der Waals surface area contributed by atoms with Crippen molar-refractivity contribution in [2.24, 2.45) is 0 Å². The molecule has 2 amide bonds. The van der Waals surface area contributed by atoms with E-state index in [0.717, 1.165) is 0 Å². The minimum Gasteiger partial charge on any atom is -0.479 e. The Balaban J connectivity index is 2.21. The number of carboxylic acids is 1. The summed E-state index contributed by atoms with van der Waals surface area (Å²) in [6.45, 7) is 2.37. The average Bonchev–Trinajstić information content (AvgIpc) is 2.87. The Morgan fingerprint density at radius 1 is 1.43 bits per heavy atom. The molecule has 1 aromatic rings. The summed E-state index contributed by atoms with van der Waals surface area (Å²) < 4.78 is 0. The Bertz CT molecular complexity index is 549. The van der Waals surface area contributed by atoms with Gasteiger partial charge in [-0.15, -0.1) is 0 Å².